The zero-order valence-corrected chi connectivity index (χ0v) is 8.56. The summed E-state index contributed by atoms with van der Waals surface area (Å²) < 4.78 is 4.73. The van der Waals surface area contributed by atoms with E-state index in [0.29, 0.717) is 0 Å². The molecule has 82 valence electrons. The molecule has 0 amide bonds. The number of carbonyl (C=O) groups is 2. The zero-order valence-electron chi connectivity index (χ0n) is 8.56. The summed E-state index contributed by atoms with van der Waals surface area (Å²) in [6.45, 7) is 1.85. The molecule has 0 bridgehead atoms. The Balaban J connectivity index is 3.18. The van der Waals surface area contributed by atoms with Crippen molar-refractivity contribution >= 4 is 11.9 Å². The van der Waals surface area contributed by atoms with Gasteiger partial charge < -0.3 is 9.84 Å². The number of carbonyl (C=O) groups excluding carboxylic acids is 1. The minimum atomic E-state index is -1.15. The Morgan fingerprint density at radius 3 is 2.69 bits per heavy atom. The molecule has 0 heterocycles. The molecule has 1 N–H and O–H groups in total. The third-order valence-electron chi connectivity index (χ3n) is 1.88. The Bertz CT molecular complexity index is 473. The number of esters is 1. The van der Waals surface area contributed by atoms with E-state index in [1.165, 1.54) is 12.1 Å². The van der Waals surface area contributed by atoms with Crippen molar-refractivity contribution in [1.82, 2.24) is 0 Å². The Kier molecular flexibility index (Phi) is 3.62. The van der Waals surface area contributed by atoms with Crippen LogP contribution in [0.1, 0.15) is 33.2 Å². The number of hydrogen-bond donors (Lipinski definition) is 1. The van der Waals surface area contributed by atoms with Gasteiger partial charge in [0.25, 0.3) is 0 Å². The third kappa shape index (κ3) is 2.36. The molecule has 1 rings (SSSR count). The Labute approximate surface area is 91.9 Å². The minimum Gasteiger partial charge on any atom is -0.478 e. The minimum absolute atomic E-state index is 0.00153. The highest BCUT2D eigenvalue weighted by Crippen LogP contribution is 2.12. The maximum Gasteiger partial charge on any atom is 0.339 e. The van der Waals surface area contributed by atoms with E-state index in [-0.39, 0.29) is 23.3 Å². The van der Waals surface area contributed by atoms with Gasteiger partial charge in [0.1, 0.15) is 6.07 Å². The number of hydrogen-bond acceptors (Lipinski definition) is 4. The highest BCUT2D eigenvalue weighted by atomic mass is 16.5. The lowest BCUT2D eigenvalue weighted by molar-refractivity contribution is 0.0524. The van der Waals surface area contributed by atoms with Crippen molar-refractivity contribution in [2.75, 3.05) is 6.61 Å². The predicted octanol–water partition coefficient (Wildman–Crippen LogP) is 1.43. The standard InChI is InChI=1S/C11H9NO4/c1-2-16-11(15)9-4-3-7(10(13)14)5-8(9)6-12/h3-5H,2H2,1H3,(H,13,14). The summed E-state index contributed by atoms with van der Waals surface area (Å²) in [5, 5.41) is 17.5. The van der Waals surface area contributed by atoms with Gasteiger partial charge in [-0.1, -0.05) is 0 Å². The second-order valence-corrected chi connectivity index (χ2v) is 2.90. The van der Waals surface area contributed by atoms with Gasteiger partial charge in [-0.05, 0) is 25.1 Å². The van der Waals surface area contributed by atoms with E-state index in [0.717, 1.165) is 6.07 Å². The molecule has 1 aromatic rings. The largest absolute Gasteiger partial charge is 0.478 e. The normalized spacial score (nSPS) is 9.25. The fraction of sp³-hybridized carbons (Fsp3) is 0.182. The van der Waals surface area contributed by atoms with Crippen LogP contribution < -0.4 is 0 Å². The van der Waals surface area contributed by atoms with Gasteiger partial charge in [-0.25, -0.2) is 9.59 Å². The van der Waals surface area contributed by atoms with Crippen LogP contribution in [-0.2, 0) is 4.74 Å². The SMILES string of the molecule is CCOC(=O)c1ccc(C(=O)O)cc1C#N. The molecule has 0 spiro atoms. The third-order valence-corrected chi connectivity index (χ3v) is 1.88. The molecule has 0 aromatic heterocycles. The first kappa shape index (κ1) is 11.7. The highest BCUT2D eigenvalue weighted by Gasteiger charge is 2.14. The monoisotopic (exact) mass is 219 g/mol. The van der Waals surface area contributed by atoms with Crippen molar-refractivity contribution in [3.05, 3.63) is 34.9 Å². The molecule has 0 saturated heterocycles. The Morgan fingerprint density at radius 2 is 2.19 bits per heavy atom. The average molecular weight is 219 g/mol. The second kappa shape index (κ2) is 4.94. The van der Waals surface area contributed by atoms with Crippen molar-refractivity contribution in [2.24, 2.45) is 0 Å². The fourth-order valence-electron chi connectivity index (χ4n) is 1.16. The first-order valence-corrected chi connectivity index (χ1v) is 4.54. The number of carboxylic acid groups (broad SMARTS) is 1. The van der Waals surface area contributed by atoms with Gasteiger partial charge >= 0.3 is 11.9 Å². The molecule has 0 fully saturated rings. The van der Waals surface area contributed by atoms with E-state index < -0.39 is 11.9 Å². The zero-order chi connectivity index (χ0) is 12.1. The summed E-state index contributed by atoms with van der Waals surface area (Å²) in [5.41, 5.74) is 0.0392. The lowest BCUT2D eigenvalue weighted by Crippen LogP contribution is -2.08. The average Bonchev–Trinajstić information content (AvgIpc) is 2.28. The van der Waals surface area contributed by atoms with Gasteiger partial charge in [-0.15, -0.1) is 0 Å². The number of rotatable bonds is 3. The molecule has 0 aliphatic carbocycles. The van der Waals surface area contributed by atoms with E-state index in [4.69, 9.17) is 15.1 Å². The number of ether oxygens (including phenoxy) is 1. The Hall–Kier alpha value is -2.35. The number of nitrogens with zero attached hydrogens (tertiary/aromatic N) is 1. The van der Waals surface area contributed by atoms with Gasteiger partial charge in [0.2, 0.25) is 0 Å². The summed E-state index contributed by atoms with van der Waals surface area (Å²) in [6, 6.07) is 5.45. The van der Waals surface area contributed by atoms with Crippen molar-refractivity contribution in [2.45, 2.75) is 6.92 Å². The van der Waals surface area contributed by atoms with Crippen LogP contribution in [0.4, 0.5) is 0 Å². The number of benzene rings is 1. The fourth-order valence-corrected chi connectivity index (χ4v) is 1.16. The number of nitriles is 1. The lowest BCUT2D eigenvalue weighted by Gasteiger charge is -2.04. The maximum atomic E-state index is 11.4. The van der Waals surface area contributed by atoms with Crippen LogP contribution in [-0.4, -0.2) is 23.7 Å². The lowest BCUT2D eigenvalue weighted by atomic mass is 10.1. The molecule has 0 saturated carbocycles. The van der Waals surface area contributed by atoms with Crippen LogP contribution in [0.15, 0.2) is 18.2 Å². The summed E-state index contributed by atoms with van der Waals surface area (Å²) in [5.74, 6) is -1.78. The van der Waals surface area contributed by atoms with Gasteiger partial charge in [0.05, 0.1) is 23.3 Å². The van der Waals surface area contributed by atoms with Gasteiger partial charge in [-0.2, -0.15) is 5.26 Å². The van der Waals surface area contributed by atoms with Crippen molar-refractivity contribution in [3.8, 4) is 6.07 Å². The van der Waals surface area contributed by atoms with Gasteiger partial charge in [-0.3, -0.25) is 0 Å². The van der Waals surface area contributed by atoms with Crippen LogP contribution in [0, 0.1) is 11.3 Å². The second-order valence-electron chi connectivity index (χ2n) is 2.90. The summed E-state index contributed by atoms with van der Waals surface area (Å²) in [6.07, 6.45) is 0. The van der Waals surface area contributed by atoms with Crippen LogP contribution in [0.5, 0.6) is 0 Å². The van der Waals surface area contributed by atoms with E-state index in [2.05, 4.69) is 0 Å². The van der Waals surface area contributed by atoms with Crippen LogP contribution in [0.3, 0.4) is 0 Å². The molecule has 0 atom stereocenters. The predicted molar refractivity (Wildman–Crippen MR) is 54.1 cm³/mol. The first-order chi connectivity index (χ1) is 7.60. The molecular weight excluding hydrogens is 210 g/mol. The van der Waals surface area contributed by atoms with Crippen LogP contribution in [0.2, 0.25) is 0 Å². The number of aromatic carboxylic acids is 1. The molecular formula is C11H9NO4. The highest BCUT2D eigenvalue weighted by molar-refractivity contribution is 5.95. The topological polar surface area (TPSA) is 87.4 Å². The van der Waals surface area contributed by atoms with Gasteiger partial charge in [0.15, 0.2) is 0 Å². The molecule has 0 aliphatic rings. The first-order valence-electron chi connectivity index (χ1n) is 4.54. The summed E-state index contributed by atoms with van der Waals surface area (Å²) in [7, 11) is 0. The van der Waals surface area contributed by atoms with E-state index in [1.807, 2.05) is 0 Å². The molecule has 0 aliphatic heterocycles. The summed E-state index contributed by atoms with van der Waals surface area (Å²) in [4.78, 5) is 22.0. The molecule has 1 aromatic carbocycles. The molecule has 0 unspecified atom stereocenters. The van der Waals surface area contributed by atoms with Crippen molar-refractivity contribution in [1.29, 1.82) is 5.26 Å². The van der Waals surface area contributed by atoms with Crippen LogP contribution in [0.25, 0.3) is 0 Å². The number of carboxylic acids is 1. The van der Waals surface area contributed by atoms with Crippen LogP contribution >= 0.6 is 0 Å². The molecule has 5 heteroatoms. The van der Waals surface area contributed by atoms with Gasteiger partial charge in [0, 0.05) is 0 Å². The van der Waals surface area contributed by atoms with E-state index in [1.54, 1.807) is 13.0 Å². The quantitative estimate of drug-likeness (QED) is 0.777. The summed E-state index contributed by atoms with van der Waals surface area (Å²) >= 11 is 0. The molecule has 16 heavy (non-hydrogen) atoms. The van der Waals surface area contributed by atoms with E-state index in [9.17, 15) is 9.59 Å². The molecule has 0 radical (unpaired) electrons. The van der Waals surface area contributed by atoms with Crippen molar-refractivity contribution < 1.29 is 19.4 Å². The van der Waals surface area contributed by atoms with Crippen molar-refractivity contribution in [3.63, 3.8) is 0 Å². The molecule has 5 nitrogen and oxygen atoms in total. The maximum absolute atomic E-state index is 11.4. The smallest absolute Gasteiger partial charge is 0.339 e. The Morgan fingerprint density at radius 1 is 1.50 bits per heavy atom. The van der Waals surface area contributed by atoms with E-state index >= 15 is 0 Å².